The van der Waals surface area contributed by atoms with E-state index in [1.807, 2.05) is 0 Å². The van der Waals surface area contributed by atoms with Gasteiger partial charge in [-0.1, -0.05) is 11.8 Å². The van der Waals surface area contributed by atoms with E-state index in [0.717, 1.165) is 23.9 Å². The van der Waals surface area contributed by atoms with Crippen molar-refractivity contribution in [1.82, 2.24) is 9.97 Å². The first-order valence-corrected chi connectivity index (χ1v) is 9.14. The second kappa shape index (κ2) is 8.91. The quantitative estimate of drug-likeness (QED) is 0.347. The molecule has 1 aromatic heterocycles. The number of carbonyl (C=O) groups is 1. The Bertz CT molecular complexity index is 980. The third kappa shape index (κ3) is 6.46. The molecule has 0 spiro atoms. The summed E-state index contributed by atoms with van der Waals surface area (Å²) in [5, 5.41) is 2.92. The van der Waals surface area contributed by atoms with Gasteiger partial charge < -0.3 is 10.1 Å². The molecule has 3 rings (SSSR count). The van der Waals surface area contributed by atoms with E-state index in [-0.39, 0.29) is 23.2 Å². The Labute approximate surface area is 167 Å². The van der Waals surface area contributed by atoms with Crippen molar-refractivity contribution in [3.05, 3.63) is 66.6 Å². The van der Waals surface area contributed by atoms with Gasteiger partial charge in [-0.3, -0.25) is 4.79 Å². The fourth-order valence-electron chi connectivity index (χ4n) is 2.26. The van der Waals surface area contributed by atoms with Crippen molar-refractivity contribution in [2.24, 2.45) is 0 Å². The van der Waals surface area contributed by atoms with Crippen LogP contribution >= 0.6 is 11.8 Å². The molecule has 150 valence electrons. The molecule has 1 heterocycles. The highest BCUT2D eigenvalue weighted by molar-refractivity contribution is 7.99. The van der Waals surface area contributed by atoms with E-state index in [0.29, 0.717) is 22.1 Å². The highest BCUT2D eigenvalue weighted by atomic mass is 32.2. The molecule has 0 aliphatic heterocycles. The van der Waals surface area contributed by atoms with Crippen molar-refractivity contribution in [3.63, 3.8) is 0 Å². The van der Waals surface area contributed by atoms with Crippen LogP contribution in [0, 0.1) is 5.82 Å². The molecule has 10 heteroatoms. The lowest BCUT2D eigenvalue weighted by Gasteiger charge is -2.10. The van der Waals surface area contributed by atoms with Gasteiger partial charge in [0.2, 0.25) is 5.91 Å². The summed E-state index contributed by atoms with van der Waals surface area (Å²) in [6, 6.07) is 12.3. The molecule has 1 amide bonds. The molecule has 0 saturated heterocycles. The van der Waals surface area contributed by atoms with Gasteiger partial charge in [-0.2, -0.15) is 0 Å². The number of anilines is 1. The first kappa shape index (κ1) is 20.6. The standard InChI is InChI=1S/C19H13F4N3O2S/c20-13-3-1-12(2-4-13)16-9-10-24-18(26-16)29-11-17(27)25-14-5-7-15(8-6-14)28-19(21,22)23/h1-10H,11H2,(H,25,27). The molecule has 3 aromatic rings. The largest absolute Gasteiger partial charge is 0.573 e. The van der Waals surface area contributed by atoms with E-state index >= 15 is 0 Å². The van der Waals surface area contributed by atoms with Crippen molar-refractivity contribution in [2.75, 3.05) is 11.1 Å². The van der Waals surface area contributed by atoms with Gasteiger partial charge in [0.15, 0.2) is 5.16 Å². The molecule has 5 nitrogen and oxygen atoms in total. The molecule has 0 saturated carbocycles. The van der Waals surface area contributed by atoms with E-state index < -0.39 is 6.36 Å². The van der Waals surface area contributed by atoms with Gasteiger partial charge in [0.1, 0.15) is 11.6 Å². The van der Waals surface area contributed by atoms with E-state index in [2.05, 4.69) is 20.0 Å². The summed E-state index contributed by atoms with van der Waals surface area (Å²) in [5.74, 6) is -1.12. The van der Waals surface area contributed by atoms with Crippen LogP contribution in [-0.4, -0.2) is 28.0 Å². The maximum atomic E-state index is 13.0. The summed E-state index contributed by atoms with van der Waals surface area (Å²) in [6.45, 7) is 0. The summed E-state index contributed by atoms with van der Waals surface area (Å²) in [4.78, 5) is 20.5. The molecule has 29 heavy (non-hydrogen) atoms. The highest BCUT2D eigenvalue weighted by Gasteiger charge is 2.30. The average Bonchev–Trinajstić information content (AvgIpc) is 2.68. The number of halogens is 4. The minimum absolute atomic E-state index is 0.00628. The Morgan fingerprint density at radius 2 is 1.72 bits per heavy atom. The van der Waals surface area contributed by atoms with Crippen LogP contribution in [0.25, 0.3) is 11.3 Å². The smallest absolute Gasteiger partial charge is 0.406 e. The van der Waals surface area contributed by atoms with Crippen molar-refractivity contribution in [3.8, 4) is 17.0 Å². The maximum absolute atomic E-state index is 13.0. The van der Waals surface area contributed by atoms with Crippen LogP contribution in [0.4, 0.5) is 23.2 Å². The minimum Gasteiger partial charge on any atom is -0.406 e. The number of ether oxygens (including phenoxy) is 1. The summed E-state index contributed by atoms with van der Waals surface area (Å²) in [5.41, 5.74) is 1.62. The van der Waals surface area contributed by atoms with Crippen molar-refractivity contribution in [2.45, 2.75) is 11.5 Å². The van der Waals surface area contributed by atoms with Crippen LogP contribution in [0.3, 0.4) is 0 Å². The number of hydrogen-bond acceptors (Lipinski definition) is 5. The summed E-state index contributed by atoms with van der Waals surface area (Å²) < 4.78 is 53.2. The molecule has 0 atom stereocenters. The zero-order valence-electron chi connectivity index (χ0n) is 14.6. The number of thioether (sulfide) groups is 1. The summed E-state index contributed by atoms with van der Waals surface area (Å²) in [7, 11) is 0. The van der Waals surface area contributed by atoms with Crippen molar-refractivity contribution >= 4 is 23.4 Å². The number of alkyl halides is 3. The zero-order valence-corrected chi connectivity index (χ0v) is 15.4. The number of nitrogens with one attached hydrogen (secondary N) is 1. The molecule has 1 N–H and O–H groups in total. The van der Waals surface area contributed by atoms with E-state index in [1.165, 1.54) is 30.5 Å². The molecular formula is C19H13F4N3O2S. The van der Waals surface area contributed by atoms with Crippen LogP contribution in [-0.2, 0) is 4.79 Å². The van der Waals surface area contributed by atoms with Gasteiger partial charge in [0.05, 0.1) is 11.4 Å². The monoisotopic (exact) mass is 423 g/mol. The summed E-state index contributed by atoms with van der Waals surface area (Å²) >= 11 is 1.09. The molecule has 2 aromatic carbocycles. The van der Waals surface area contributed by atoms with Crippen LogP contribution in [0.15, 0.2) is 66.0 Å². The number of rotatable bonds is 6. The number of benzene rings is 2. The molecule has 0 aliphatic rings. The average molecular weight is 423 g/mol. The van der Waals surface area contributed by atoms with Gasteiger partial charge in [0.25, 0.3) is 0 Å². The topological polar surface area (TPSA) is 64.1 Å². The minimum atomic E-state index is -4.77. The Morgan fingerprint density at radius 1 is 1.03 bits per heavy atom. The zero-order chi connectivity index (χ0) is 20.9. The Hall–Kier alpha value is -3.14. The van der Waals surface area contributed by atoms with Crippen molar-refractivity contribution < 1.29 is 27.1 Å². The lowest BCUT2D eigenvalue weighted by molar-refractivity contribution is -0.274. The molecule has 0 bridgehead atoms. The Morgan fingerprint density at radius 3 is 2.38 bits per heavy atom. The van der Waals surface area contributed by atoms with E-state index in [1.54, 1.807) is 18.2 Å². The first-order chi connectivity index (χ1) is 13.8. The first-order valence-electron chi connectivity index (χ1n) is 8.16. The predicted octanol–water partition coefficient (Wildman–Crippen LogP) is 4.91. The summed E-state index contributed by atoms with van der Waals surface area (Å²) in [6.07, 6.45) is -3.24. The van der Waals surface area contributed by atoms with E-state index in [9.17, 15) is 22.4 Å². The van der Waals surface area contributed by atoms with Gasteiger partial charge >= 0.3 is 6.36 Å². The number of carbonyl (C=O) groups excluding carboxylic acids is 1. The van der Waals surface area contributed by atoms with Gasteiger partial charge in [-0.15, -0.1) is 13.2 Å². The lowest BCUT2D eigenvalue weighted by Crippen LogP contribution is -2.17. The normalized spacial score (nSPS) is 11.2. The number of hydrogen-bond donors (Lipinski definition) is 1. The fourth-order valence-corrected chi connectivity index (χ4v) is 2.89. The van der Waals surface area contributed by atoms with Gasteiger partial charge in [-0.05, 0) is 54.6 Å². The van der Waals surface area contributed by atoms with E-state index in [4.69, 9.17) is 0 Å². The predicted molar refractivity (Wildman–Crippen MR) is 99.9 cm³/mol. The maximum Gasteiger partial charge on any atom is 0.573 e. The van der Waals surface area contributed by atoms with Gasteiger partial charge in [-0.25, -0.2) is 14.4 Å². The second-order valence-electron chi connectivity index (χ2n) is 5.64. The second-order valence-corrected chi connectivity index (χ2v) is 6.58. The number of amides is 1. The van der Waals surface area contributed by atoms with Crippen molar-refractivity contribution in [1.29, 1.82) is 0 Å². The molecule has 0 unspecified atom stereocenters. The molecule has 0 radical (unpaired) electrons. The van der Waals surface area contributed by atoms with Crippen LogP contribution in [0.2, 0.25) is 0 Å². The fraction of sp³-hybridized carbons (Fsp3) is 0.105. The Kier molecular flexibility index (Phi) is 6.32. The number of nitrogens with zero attached hydrogens (tertiary/aromatic N) is 2. The Balaban J connectivity index is 1.55. The molecular weight excluding hydrogens is 410 g/mol. The number of aromatic nitrogens is 2. The molecule has 0 fully saturated rings. The van der Waals surface area contributed by atoms with Crippen LogP contribution in [0.1, 0.15) is 0 Å². The van der Waals surface area contributed by atoms with Gasteiger partial charge in [0, 0.05) is 17.4 Å². The third-order valence-corrected chi connectivity index (χ3v) is 4.34. The van der Waals surface area contributed by atoms with Crippen LogP contribution in [0.5, 0.6) is 5.75 Å². The molecule has 0 aliphatic carbocycles. The van der Waals surface area contributed by atoms with Crippen LogP contribution < -0.4 is 10.1 Å². The SMILES string of the molecule is O=C(CSc1nccc(-c2ccc(F)cc2)n1)Nc1ccc(OC(F)(F)F)cc1. The third-order valence-electron chi connectivity index (χ3n) is 3.48. The lowest BCUT2D eigenvalue weighted by atomic mass is 10.1. The highest BCUT2D eigenvalue weighted by Crippen LogP contribution is 2.24.